The van der Waals surface area contributed by atoms with E-state index < -0.39 is 0 Å². The average molecular weight is 429 g/mol. The van der Waals surface area contributed by atoms with Gasteiger partial charge in [0, 0.05) is 15.9 Å². The fraction of sp³-hybridized carbons (Fsp3) is 0.100. The number of nitrogens with one attached hydrogen (secondary N) is 2. The number of halogens is 1. The number of amides is 2. The molecule has 0 saturated heterocycles. The summed E-state index contributed by atoms with van der Waals surface area (Å²) >= 11 is 5.04. The van der Waals surface area contributed by atoms with Gasteiger partial charge in [-0.2, -0.15) is 0 Å². The first-order valence-electron chi connectivity index (χ1n) is 8.10. The fourth-order valence-electron chi connectivity index (χ4n) is 2.47. The molecule has 3 rings (SSSR count). The number of thiophene rings is 1. The molecule has 0 spiro atoms. The highest BCUT2D eigenvalue weighted by atomic mass is 79.9. The summed E-state index contributed by atoms with van der Waals surface area (Å²) < 4.78 is 0.704. The van der Waals surface area contributed by atoms with E-state index in [2.05, 4.69) is 26.6 Å². The number of para-hydroxylation sites is 1. The Morgan fingerprint density at radius 2 is 1.62 bits per heavy atom. The number of carbonyl (C=O) groups is 2. The number of benzene rings is 2. The first-order valence-corrected chi connectivity index (χ1v) is 9.78. The van der Waals surface area contributed by atoms with Crippen LogP contribution in [0.25, 0.3) is 0 Å². The van der Waals surface area contributed by atoms with Crippen LogP contribution in [0.5, 0.6) is 0 Å². The first kappa shape index (κ1) is 18.4. The molecule has 2 N–H and O–H groups in total. The third-order valence-corrected chi connectivity index (χ3v) is 5.40. The molecule has 4 nitrogen and oxygen atoms in total. The van der Waals surface area contributed by atoms with Crippen LogP contribution in [-0.4, -0.2) is 18.4 Å². The van der Waals surface area contributed by atoms with E-state index in [0.29, 0.717) is 27.8 Å². The number of rotatable bonds is 6. The normalized spacial score (nSPS) is 10.3. The van der Waals surface area contributed by atoms with Crippen molar-refractivity contribution >= 4 is 44.8 Å². The molecule has 26 heavy (non-hydrogen) atoms. The maximum atomic E-state index is 12.5. The Kier molecular flexibility index (Phi) is 6.20. The molecule has 2 aromatic carbocycles. The minimum absolute atomic E-state index is 0.204. The van der Waals surface area contributed by atoms with Crippen LogP contribution in [0.4, 0.5) is 5.69 Å². The Hall–Kier alpha value is -2.44. The van der Waals surface area contributed by atoms with Crippen LogP contribution in [0.15, 0.2) is 70.5 Å². The highest BCUT2D eigenvalue weighted by Gasteiger charge is 2.15. The Morgan fingerprint density at radius 3 is 2.35 bits per heavy atom. The zero-order chi connectivity index (χ0) is 18.4. The van der Waals surface area contributed by atoms with Crippen molar-refractivity contribution in [3.05, 3.63) is 86.5 Å². The van der Waals surface area contributed by atoms with Crippen LogP contribution in [0, 0.1) is 0 Å². The quantitative estimate of drug-likeness (QED) is 0.595. The second kappa shape index (κ2) is 8.78. The van der Waals surface area contributed by atoms with Crippen molar-refractivity contribution in [3.8, 4) is 0 Å². The minimum atomic E-state index is -0.267. The van der Waals surface area contributed by atoms with Gasteiger partial charge in [0.15, 0.2) is 0 Å². The summed E-state index contributed by atoms with van der Waals surface area (Å²) in [6.07, 6.45) is 0.787. The van der Waals surface area contributed by atoms with Crippen molar-refractivity contribution in [1.82, 2.24) is 5.32 Å². The van der Waals surface area contributed by atoms with E-state index in [-0.39, 0.29) is 11.8 Å². The Labute approximate surface area is 164 Å². The van der Waals surface area contributed by atoms with E-state index >= 15 is 0 Å². The van der Waals surface area contributed by atoms with Crippen molar-refractivity contribution in [1.29, 1.82) is 0 Å². The van der Waals surface area contributed by atoms with E-state index in [9.17, 15) is 9.59 Å². The highest BCUT2D eigenvalue weighted by molar-refractivity contribution is 9.10. The van der Waals surface area contributed by atoms with Gasteiger partial charge in [0.25, 0.3) is 11.8 Å². The molecule has 1 aromatic heterocycles. The van der Waals surface area contributed by atoms with Crippen LogP contribution in [0.3, 0.4) is 0 Å². The molecule has 1 heterocycles. The predicted molar refractivity (Wildman–Crippen MR) is 109 cm³/mol. The van der Waals surface area contributed by atoms with E-state index in [1.807, 2.05) is 23.6 Å². The Bertz CT molecular complexity index is 910. The lowest BCUT2D eigenvalue weighted by Crippen LogP contribution is -2.27. The van der Waals surface area contributed by atoms with E-state index in [1.54, 1.807) is 53.8 Å². The summed E-state index contributed by atoms with van der Waals surface area (Å²) in [5, 5.41) is 7.75. The topological polar surface area (TPSA) is 58.2 Å². The molecule has 0 aliphatic rings. The molecule has 0 saturated carbocycles. The average Bonchev–Trinajstić information content (AvgIpc) is 3.16. The van der Waals surface area contributed by atoms with Crippen LogP contribution in [0.2, 0.25) is 0 Å². The maximum Gasteiger partial charge on any atom is 0.256 e. The van der Waals surface area contributed by atoms with Gasteiger partial charge in [-0.15, -0.1) is 11.3 Å². The highest BCUT2D eigenvalue weighted by Crippen LogP contribution is 2.20. The molecule has 2 amide bonds. The van der Waals surface area contributed by atoms with Gasteiger partial charge in [0.2, 0.25) is 0 Å². The molecule has 0 aliphatic carbocycles. The number of anilines is 1. The smallest absolute Gasteiger partial charge is 0.256 e. The van der Waals surface area contributed by atoms with Crippen LogP contribution in [0.1, 0.15) is 25.6 Å². The zero-order valence-corrected chi connectivity index (χ0v) is 16.3. The molecule has 0 bridgehead atoms. The standard InChI is InChI=1S/C20H17BrN2O2S/c21-17-9-3-1-7-15(17)20(25)23-18-10-4-2-8-16(18)19(24)22-12-11-14-6-5-13-26-14/h1-10,13H,11-12H2,(H,22,24)(H,23,25). The molecular formula is C20H17BrN2O2S. The van der Waals surface area contributed by atoms with Crippen LogP contribution in [-0.2, 0) is 6.42 Å². The Morgan fingerprint density at radius 1 is 0.885 bits per heavy atom. The molecule has 0 fully saturated rings. The number of hydrogen-bond acceptors (Lipinski definition) is 3. The van der Waals surface area contributed by atoms with Crippen LogP contribution < -0.4 is 10.6 Å². The third kappa shape index (κ3) is 4.59. The van der Waals surface area contributed by atoms with E-state index in [1.165, 1.54) is 4.88 Å². The maximum absolute atomic E-state index is 12.5. The van der Waals surface area contributed by atoms with Gasteiger partial charge in [0.05, 0.1) is 16.8 Å². The van der Waals surface area contributed by atoms with Gasteiger partial charge >= 0.3 is 0 Å². The van der Waals surface area contributed by atoms with Crippen molar-refractivity contribution in [2.24, 2.45) is 0 Å². The summed E-state index contributed by atoms with van der Waals surface area (Å²) in [6.45, 7) is 0.547. The second-order valence-electron chi connectivity index (χ2n) is 5.56. The summed E-state index contributed by atoms with van der Waals surface area (Å²) in [4.78, 5) is 26.2. The van der Waals surface area contributed by atoms with Gasteiger partial charge in [-0.05, 0) is 58.1 Å². The second-order valence-corrected chi connectivity index (χ2v) is 7.45. The molecular weight excluding hydrogens is 412 g/mol. The molecule has 0 atom stereocenters. The molecule has 0 unspecified atom stereocenters. The largest absolute Gasteiger partial charge is 0.352 e. The van der Waals surface area contributed by atoms with Gasteiger partial charge in [-0.1, -0.05) is 30.3 Å². The van der Waals surface area contributed by atoms with E-state index in [0.717, 1.165) is 6.42 Å². The SMILES string of the molecule is O=C(Nc1ccccc1C(=O)NCCc1cccs1)c1ccccc1Br. The lowest BCUT2D eigenvalue weighted by atomic mass is 10.1. The number of carbonyl (C=O) groups excluding carboxylic acids is 2. The molecule has 6 heteroatoms. The van der Waals surface area contributed by atoms with Crippen molar-refractivity contribution in [3.63, 3.8) is 0 Å². The van der Waals surface area contributed by atoms with Gasteiger partial charge in [0.1, 0.15) is 0 Å². The van der Waals surface area contributed by atoms with E-state index in [4.69, 9.17) is 0 Å². The lowest BCUT2D eigenvalue weighted by molar-refractivity contribution is 0.0955. The summed E-state index contributed by atoms with van der Waals surface area (Å²) in [7, 11) is 0. The molecule has 3 aromatic rings. The molecule has 0 aliphatic heterocycles. The fourth-order valence-corrected chi connectivity index (χ4v) is 3.65. The minimum Gasteiger partial charge on any atom is -0.352 e. The first-order chi connectivity index (χ1) is 12.6. The monoisotopic (exact) mass is 428 g/mol. The zero-order valence-electron chi connectivity index (χ0n) is 13.9. The summed E-state index contributed by atoms with van der Waals surface area (Å²) in [5.74, 6) is -0.471. The molecule has 0 radical (unpaired) electrons. The van der Waals surface area contributed by atoms with Gasteiger partial charge in [-0.3, -0.25) is 9.59 Å². The van der Waals surface area contributed by atoms with Crippen molar-refractivity contribution in [2.45, 2.75) is 6.42 Å². The van der Waals surface area contributed by atoms with Crippen molar-refractivity contribution < 1.29 is 9.59 Å². The summed E-state index contributed by atoms with van der Waals surface area (Å²) in [6, 6.07) is 18.2. The van der Waals surface area contributed by atoms with Gasteiger partial charge < -0.3 is 10.6 Å². The number of hydrogen-bond donors (Lipinski definition) is 2. The van der Waals surface area contributed by atoms with Crippen molar-refractivity contribution in [2.75, 3.05) is 11.9 Å². The van der Waals surface area contributed by atoms with Gasteiger partial charge in [-0.25, -0.2) is 0 Å². The summed E-state index contributed by atoms with van der Waals surface area (Å²) in [5.41, 5.74) is 1.45. The lowest BCUT2D eigenvalue weighted by Gasteiger charge is -2.12. The van der Waals surface area contributed by atoms with Crippen LogP contribution >= 0.6 is 27.3 Å². The molecule has 132 valence electrons. The third-order valence-electron chi connectivity index (χ3n) is 3.78. The Balaban J connectivity index is 1.68. The predicted octanol–water partition coefficient (Wildman–Crippen LogP) is 4.74.